The highest BCUT2D eigenvalue weighted by atomic mass is 32.1. The van der Waals surface area contributed by atoms with E-state index < -0.39 is 0 Å². The highest BCUT2D eigenvalue weighted by molar-refractivity contribution is 7.13. The van der Waals surface area contributed by atoms with Gasteiger partial charge >= 0.3 is 0 Å². The Labute approximate surface area is 130 Å². The first kappa shape index (κ1) is 14.2. The maximum absolute atomic E-state index is 11.9. The molecule has 0 unspecified atom stereocenters. The number of H-pyrrole nitrogens is 1. The summed E-state index contributed by atoms with van der Waals surface area (Å²) in [6.45, 7) is 0. The van der Waals surface area contributed by atoms with Crippen molar-refractivity contribution >= 4 is 23.2 Å². The van der Waals surface area contributed by atoms with Crippen molar-refractivity contribution in [3.05, 3.63) is 41.7 Å². The predicted molar refractivity (Wildman–Crippen MR) is 82.8 cm³/mol. The highest BCUT2D eigenvalue weighted by Gasteiger charge is 2.10. The van der Waals surface area contributed by atoms with E-state index in [1.54, 1.807) is 7.11 Å². The van der Waals surface area contributed by atoms with E-state index in [0.29, 0.717) is 11.6 Å². The van der Waals surface area contributed by atoms with Crippen molar-refractivity contribution in [1.82, 2.24) is 20.2 Å². The van der Waals surface area contributed by atoms with Gasteiger partial charge in [0.2, 0.25) is 11.9 Å². The molecule has 0 aliphatic carbocycles. The third-order valence-corrected chi connectivity index (χ3v) is 3.82. The number of rotatable bonds is 5. The van der Waals surface area contributed by atoms with Crippen molar-refractivity contribution in [2.45, 2.75) is 6.42 Å². The van der Waals surface area contributed by atoms with Gasteiger partial charge in [-0.1, -0.05) is 12.1 Å². The van der Waals surface area contributed by atoms with Gasteiger partial charge in [-0.05, 0) is 12.1 Å². The molecular formula is C14H13N5O2S. The number of carbonyl (C=O) groups excluding carboxylic acids is 1. The third-order valence-electron chi connectivity index (χ3n) is 2.88. The lowest BCUT2D eigenvalue weighted by Gasteiger charge is -2.01. The van der Waals surface area contributed by atoms with E-state index in [1.165, 1.54) is 17.7 Å². The van der Waals surface area contributed by atoms with Crippen LogP contribution in [0, 0.1) is 0 Å². The van der Waals surface area contributed by atoms with Gasteiger partial charge in [-0.2, -0.15) is 10.1 Å². The van der Waals surface area contributed by atoms with E-state index >= 15 is 0 Å². The zero-order chi connectivity index (χ0) is 15.4. The average Bonchev–Trinajstić information content (AvgIpc) is 3.19. The first-order chi connectivity index (χ1) is 10.7. The normalized spacial score (nSPS) is 10.4. The number of carbonyl (C=O) groups is 1. The number of hydrogen-bond donors (Lipinski definition) is 2. The van der Waals surface area contributed by atoms with Gasteiger partial charge in [-0.15, -0.1) is 11.3 Å². The number of hydrogen-bond acceptors (Lipinski definition) is 6. The van der Waals surface area contributed by atoms with Gasteiger partial charge in [0.05, 0.1) is 19.2 Å². The molecule has 2 heterocycles. The lowest BCUT2D eigenvalue weighted by molar-refractivity contribution is -0.115. The molecule has 0 bridgehead atoms. The van der Waals surface area contributed by atoms with Gasteiger partial charge in [-0.3, -0.25) is 10.1 Å². The maximum atomic E-state index is 11.9. The van der Waals surface area contributed by atoms with Crippen LogP contribution in [-0.2, 0) is 11.2 Å². The highest BCUT2D eigenvalue weighted by Crippen LogP contribution is 2.27. The van der Waals surface area contributed by atoms with Crippen LogP contribution in [0.3, 0.4) is 0 Å². The predicted octanol–water partition coefficient (Wildman–Crippen LogP) is 2.12. The fourth-order valence-electron chi connectivity index (χ4n) is 1.88. The minimum Gasteiger partial charge on any atom is -0.497 e. The molecular weight excluding hydrogens is 302 g/mol. The van der Waals surface area contributed by atoms with Crippen LogP contribution in [0.25, 0.3) is 10.6 Å². The number of aromatic nitrogens is 4. The molecule has 7 nitrogen and oxygen atoms in total. The number of anilines is 1. The second-order valence-corrected chi connectivity index (χ2v) is 5.29. The van der Waals surface area contributed by atoms with E-state index in [4.69, 9.17) is 4.74 Å². The molecule has 3 aromatic rings. The first-order valence-corrected chi connectivity index (χ1v) is 7.36. The van der Waals surface area contributed by atoms with Crippen molar-refractivity contribution < 1.29 is 9.53 Å². The molecule has 3 rings (SSSR count). The molecule has 0 aliphatic heterocycles. The molecule has 8 heteroatoms. The number of benzene rings is 1. The molecule has 2 aromatic heterocycles. The van der Waals surface area contributed by atoms with Crippen LogP contribution in [0.15, 0.2) is 36.0 Å². The number of amides is 1. The van der Waals surface area contributed by atoms with Crippen molar-refractivity contribution in [2.24, 2.45) is 0 Å². The van der Waals surface area contributed by atoms with Crippen LogP contribution in [0.1, 0.15) is 5.69 Å². The van der Waals surface area contributed by atoms with Crippen molar-refractivity contribution in [3.8, 4) is 16.3 Å². The van der Waals surface area contributed by atoms with E-state index in [-0.39, 0.29) is 12.3 Å². The molecule has 2 N–H and O–H groups in total. The SMILES string of the molecule is COc1cccc(-c2nc(CC(=O)Nc3ncn[nH]3)cs2)c1. The number of nitrogens with zero attached hydrogens (tertiary/aromatic N) is 3. The Morgan fingerprint density at radius 2 is 2.36 bits per heavy atom. The molecule has 0 atom stereocenters. The minimum atomic E-state index is -0.195. The number of ether oxygens (including phenoxy) is 1. The third kappa shape index (κ3) is 3.29. The lowest BCUT2D eigenvalue weighted by atomic mass is 10.2. The summed E-state index contributed by atoms with van der Waals surface area (Å²) < 4.78 is 5.20. The summed E-state index contributed by atoms with van der Waals surface area (Å²) >= 11 is 1.49. The number of aromatic amines is 1. The van der Waals surface area contributed by atoms with E-state index in [9.17, 15) is 4.79 Å². The first-order valence-electron chi connectivity index (χ1n) is 6.48. The van der Waals surface area contributed by atoms with Crippen LogP contribution in [0.2, 0.25) is 0 Å². The van der Waals surface area contributed by atoms with Gasteiger partial charge in [-0.25, -0.2) is 10.1 Å². The van der Waals surface area contributed by atoms with Crippen LogP contribution in [-0.4, -0.2) is 33.2 Å². The largest absolute Gasteiger partial charge is 0.497 e. The Bertz CT molecular complexity index is 769. The lowest BCUT2D eigenvalue weighted by Crippen LogP contribution is -2.15. The van der Waals surface area contributed by atoms with E-state index in [2.05, 4.69) is 25.5 Å². The summed E-state index contributed by atoms with van der Waals surface area (Å²) in [5.74, 6) is 0.907. The smallest absolute Gasteiger partial charge is 0.232 e. The maximum Gasteiger partial charge on any atom is 0.232 e. The Hall–Kier alpha value is -2.74. The fourth-order valence-corrected chi connectivity index (χ4v) is 2.70. The Morgan fingerprint density at radius 1 is 1.45 bits per heavy atom. The summed E-state index contributed by atoms with van der Waals surface area (Å²) in [6.07, 6.45) is 1.51. The molecule has 0 saturated carbocycles. The zero-order valence-electron chi connectivity index (χ0n) is 11.7. The van der Waals surface area contributed by atoms with Gasteiger partial charge in [0.25, 0.3) is 0 Å². The van der Waals surface area contributed by atoms with Gasteiger partial charge in [0.15, 0.2) is 0 Å². The summed E-state index contributed by atoms with van der Waals surface area (Å²) in [4.78, 5) is 20.2. The van der Waals surface area contributed by atoms with Crippen molar-refractivity contribution in [2.75, 3.05) is 12.4 Å². The molecule has 1 aromatic carbocycles. The van der Waals surface area contributed by atoms with Gasteiger partial charge < -0.3 is 4.74 Å². The van der Waals surface area contributed by atoms with Crippen LogP contribution < -0.4 is 10.1 Å². The summed E-state index contributed by atoms with van der Waals surface area (Å²) in [6, 6.07) is 7.66. The Morgan fingerprint density at radius 3 is 3.14 bits per heavy atom. The van der Waals surface area contributed by atoms with Gasteiger partial charge in [0.1, 0.15) is 17.1 Å². The minimum absolute atomic E-state index is 0.182. The Balaban J connectivity index is 1.69. The number of nitrogens with one attached hydrogen (secondary N) is 2. The van der Waals surface area contributed by atoms with Crippen molar-refractivity contribution in [1.29, 1.82) is 0 Å². The molecule has 0 spiro atoms. The second-order valence-electron chi connectivity index (χ2n) is 4.43. The fraction of sp³-hybridized carbons (Fsp3) is 0.143. The monoisotopic (exact) mass is 315 g/mol. The topological polar surface area (TPSA) is 92.8 Å². The summed E-state index contributed by atoms with van der Waals surface area (Å²) in [5.41, 5.74) is 1.67. The van der Waals surface area contributed by atoms with E-state index in [0.717, 1.165) is 16.3 Å². The standard InChI is InChI=1S/C14H13N5O2S/c1-21-11-4-2-3-9(5-11)13-17-10(7-22-13)6-12(20)18-14-15-8-16-19-14/h2-5,7-8H,6H2,1H3,(H2,15,16,18,19,20). The number of thiazole rings is 1. The molecule has 112 valence electrons. The quantitative estimate of drug-likeness (QED) is 0.752. The van der Waals surface area contributed by atoms with Gasteiger partial charge in [0, 0.05) is 10.9 Å². The molecule has 0 radical (unpaired) electrons. The molecule has 1 amide bonds. The summed E-state index contributed by atoms with van der Waals surface area (Å²) in [5, 5.41) is 11.6. The Kier molecular flexibility index (Phi) is 4.10. The number of methoxy groups -OCH3 is 1. The zero-order valence-corrected chi connectivity index (χ0v) is 12.6. The van der Waals surface area contributed by atoms with Crippen molar-refractivity contribution in [3.63, 3.8) is 0 Å². The summed E-state index contributed by atoms with van der Waals surface area (Å²) in [7, 11) is 1.63. The molecule has 22 heavy (non-hydrogen) atoms. The van der Waals surface area contributed by atoms with E-state index in [1.807, 2.05) is 29.6 Å². The molecule has 0 fully saturated rings. The molecule has 0 aliphatic rings. The average molecular weight is 315 g/mol. The van der Waals surface area contributed by atoms with Crippen LogP contribution in [0.4, 0.5) is 5.95 Å². The second kappa shape index (κ2) is 6.35. The van der Waals surface area contributed by atoms with Crippen LogP contribution in [0.5, 0.6) is 5.75 Å². The van der Waals surface area contributed by atoms with Crippen LogP contribution >= 0.6 is 11.3 Å². The molecule has 0 saturated heterocycles.